The normalized spacial score (nSPS) is 30.4. The van der Waals surface area contributed by atoms with Gasteiger partial charge in [-0.1, -0.05) is 24.6 Å². The number of nitrogens with two attached hydrogens (primary N) is 1. The lowest BCUT2D eigenvalue weighted by atomic mass is 9.96. The summed E-state index contributed by atoms with van der Waals surface area (Å²) in [6.07, 6.45) is 3.74. The molecule has 0 spiro atoms. The summed E-state index contributed by atoms with van der Waals surface area (Å²) >= 11 is 5.82. The van der Waals surface area contributed by atoms with Crippen LogP contribution in [-0.4, -0.2) is 30.1 Å². The average Bonchev–Trinajstić information content (AvgIpc) is 2.08. The van der Waals surface area contributed by atoms with Gasteiger partial charge in [-0.25, -0.2) is 0 Å². The first-order chi connectivity index (χ1) is 6.15. The second-order valence-corrected chi connectivity index (χ2v) is 4.39. The molecule has 0 aromatic carbocycles. The molecule has 2 atom stereocenters. The van der Waals surface area contributed by atoms with E-state index in [9.17, 15) is 0 Å². The van der Waals surface area contributed by atoms with Crippen molar-refractivity contribution in [3.63, 3.8) is 0 Å². The maximum atomic E-state index is 5.82. The Kier molecular flexibility index (Phi) is 4.23. The second kappa shape index (κ2) is 4.99. The van der Waals surface area contributed by atoms with Crippen molar-refractivity contribution < 1.29 is 0 Å². The van der Waals surface area contributed by atoms with Crippen molar-refractivity contribution in [2.45, 2.75) is 38.3 Å². The molecule has 1 fully saturated rings. The molecule has 0 aromatic rings. The Morgan fingerprint density at radius 1 is 1.62 bits per heavy atom. The van der Waals surface area contributed by atoms with Gasteiger partial charge in [-0.15, -0.1) is 0 Å². The summed E-state index contributed by atoms with van der Waals surface area (Å²) in [5.74, 6) is 0. The minimum atomic E-state index is 0.499. The van der Waals surface area contributed by atoms with Crippen LogP contribution in [0.5, 0.6) is 0 Å². The van der Waals surface area contributed by atoms with Crippen molar-refractivity contribution in [2.24, 2.45) is 5.73 Å². The molecule has 0 saturated carbocycles. The van der Waals surface area contributed by atoms with E-state index >= 15 is 0 Å². The summed E-state index contributed by atoms with van der Waals surface area (Å²) in [6, 6.07) is 1.09. The summed E-state index contributed by atoms with van der Waals surface area (Å²) < 4.78 is 0. The fraction of sp³-hybridized carbons (Fsp3) is 0.800. The van der Waals surface area contributed by atoms with Crippen LogP contribution in [0.1, 0.15) is 26.2 Å². The van der Waals surface area contributed by atoms with Gasteiger partial charge in [-0.05, 0) is 19.8 Å². The highest BCUT2D eigenvalue weighted by atomic mass is 35.5. The number of halogens is 1. The lowest BCUT2D eigenvalue weighted by molar-refractivity contribution is 0.111. The molecule has 0 radical (unpaired) electrons. The molecule has 0 aromatic heterocycles. The monoisotopic (exact) mass is 202 g/mol. The van der Waals surface area contributed by atoms with Crippen LogP contribution >= 0.6 is 11.6 Å². The SMILES string of the molecule is C=C(Cl)CN1C(C)CCCC1CN. The van der Waals surface area contributed by atoms with Crippen LogP contribution in [0, 0.1) is 0 Å². The molecule has 13 heavy (non-hydrogen) atoms. The molecular weight excluding hydrogens is 184 g/mol. The molecule has 1 rings (SSSR count). The molecule has 1 saturated heterocycles. The summed E-state index contributed by atoms with van der Waals surface area (Å²) in [5, 5.41) is 0.715. The van der Waals surface area contributed by atoms with Crippen molar-refractivity contribution in [3.05, 3.63) is 11.6 Å². The molecule has 2 unspecified atom stereocenters. The van der Waals surface area contributed by atoms with Crippen LogP contribution in [0.25, 0.3) is 0 Å². The molecule has 2 N–H and O–H groups in total. The van der Waals surface area contributed by atoms with E-state index < -0.39 is 0 Å². The van der Waals surface area contributed by atoms with Crippen molar-refractivity contribution in [2.75, 3.05) is 13.1 Å². The van der Waals surface area contributed by atoms with E-state index in [0.29, 0.717) is 17.1 Å². The summed E-state index contributed by atoms with van der Waals surface area (Å²) in [6.45, 7) is 7.49. The van der Waals surface area contributed by atoms with Crippen LogP contribution in [-0.2, 0) is 0 Å². The molecule has 1 aliphatic rings. The van der Waals surface area contributed by atoms with Gasteiger partial charge in [-0.3, -0.25) is 4.90 Å². The van der Waals surface area contributed by atoms with E-state index in [1.807, 2.05) is 0 Å². The average molecular weight is 203 g/mol. The van der Waals surface area contributed by atoms with E-state index in [2.05, 4.69) is 18.4 Å². The predicted molar refractivity (Wildman–Crippen MR) is 57.9 cm³/mol. The summed E-state index contributed by atoms with van der Waals surface area (Å²) in [7, 11) is 0. The summed E-state index contributed by atoms with van der Waals surface area (Å²) in [5.41, 5.74) is 5.72. The van der Waals surface area contributed by atoms with E-state index in [-0.39, 0.29) is 0 Å². The van der Waals surface area contributed by atoms with E-state index in [0.717, 1.165) is 13.1 Å². The predicted octanol–water partition coefficient (Wildman–Crippen LogP) is 1.94. The third kappa shape index (κ3) is 2.97. The number of likely N-dealkylation sites (tertiary alicyclic amines) is 1. The zero-order valence-electron chi connectivity index (χ0n) is 8.30. The Bertz CT molecular complexity index is 182. The van der Waals surface area contributed by atoms with E-state index in [1.165, 1.54) is 19.3 Å². The van der Waals surface area contributed by atoms with Crippen molar-refractivity contribution in [1.29, 1.82) is 0 Å². The van der Waals surface area contributed by atoms with Gasteiger partial charge >= 0.3 is 0 Å². The molecule has 0 amide bonds. The lowest BCUT2D eigenvalue weighted by Crippen LogP contribution is -2.49. The van der Waals surface area contributed by atoms with Gasteiger partial charge in [0.05, 0.1) is 0 Å². The largest absolute Gasteiger partial charge is 0.329 e. The highest BCUT2D eigenvalue weighted by Crippen LogP contribution is 2.23. The first-order valence-corrected chi connectivity index (χ1v) is 5.32. The maximum absolute atomic E-state index is 5.82. The minimum Gasteiger partial charge on any atom is -0.329 e. The van der Waals surface area contributed by atoms with Gasteiger partial charge in [0.15, 0.2) is 0 Å². The molecule has 3 heteroatoms. The van der Waals surface area contributed by atoms with Gasteiger partial charge in [0.1, 0.15) is 0 Å². The number of hydrogen-bond donors (Lipinski definition) is 1. The van der Waals surface area contributed by atoms with Gasteiger partial charge in [-0.2, -0.15) is 0 Å². The van der Waals surface area contributed by atoms with Crippen molar-refractivity contribution in [1.82, 2.24) is 4.90 Å². The first kappa shape index (κ1) is 11.0. The van der Waals surface area contributed by atoms with Crippen LogP contribution < -0.4 is 5.73 Å². The summed E-state index contributed by atoms with van der Waals surface area (Å²) in [4.78, 5) is 2.37. The number of nitrogens with zero attached hydrogens (tertiary/aromatic N) is 1. The number of piperidine rings is 1. The van der Waals surface area contributed by atoms with Gasteiger partial charge in [0, 0.05) is 30.2 Å². The Balaban J connectivity index is 2.56. The number of rotatable bonds is 3. The van der Waals surface area contributed by atoms with E-state index in [4.69, 9.17) is 17.3 Å². The molecular formula is C10H19ClN2. The maximum Gasteiger partial charge on any atom is 0.0341 e. The van der Waals surface area contributed by atoms with Crippen LogP contribution in [0.2, 0.25) is 0 Å². The highest BCUT2D eigenvalue weighted by Gasteiger charge is 2.26. The molecule has 1 heterocycles. The van der Waals surface area contributed by atoms with Crippen molar-refractivity contribution in [3.8, 4) is 0 Å². The standard InChI is InChI=1S/C10H19ClN2/c1-8(11)7-13-9(2)4-3-5-10(13)6-12/h9-10H,1,3-7,12H2,2H3. The van der Waals surface area contributed by atoms with Gasteiger partial charge in [0.25, 0.3) is 0 Å². The zero-order chi connectivity index (χ0) is 9.84. The second-order valence-electron chi connectivity index (χ2n) is 3.86. The molecule has 76 valence electrons. The quantitative estimate of drug-likeness (QED) is 0.758. The fourth-order valence-electron chi connectivity index (χ4n) is 2.08. The van der Waals surface area contributed by atoms with Crippen LogP contribution in [0.3, 0.4) is 0 Å². The van der Waals surface area contributed by atoms with E-state index in [1.54, 1.807) is 0 Å². The topological polar surface area (TPSA) is 29.3 Å². The lowest BCUT2D eigenvalue weighted by Gasteiger charge is -2.40. The van der Waals surface area contributed by atoms with Crippen LogP contribution in [0.4, 0.5) is 0 Å². The Morgan fingerprint density at radius 2 is 2.31 bits per heavy atom. The Labute approximate surface area is 85.7 Å². The van der Waals surface area contributed by atoms with Gasteiger partial charge in [0.2, 0.25) is 0 Å². The highest BCUT2D eigenvalue weighted by molar-refractivity contribution is 6.29. The fourth-order valence-corrected chi connectivity index (χ4v) is 2.21. The Morgan fingerprint density at radius 3 is 2.85 bits per heavy atom. The van der Waals surface area contributed by atoms with Gasteiger partial charge < -0.3 is 5.73 Å². The zero-order valence-corrected chi connectivity index (χ0v) is 9.06. The first-order valence-electron chi connectivity index (χ1n) is 4.94. The molecule has 0 bridgehead atoms. The molecule has 1 aliphatic heterocycles. The number of hydrogen-bond acceptors (Lipinski definition) is 2. The molecule has 0 aliphatic carbocycles. The third-order valence-corrected chi connectivity index (χ3v) is 2.94. The minimum absolute atomic E-state index is 0.499. The van der Waals surface area contributed by atoms with Crippen molar-refractivity contribution >= 4 is 11.6 Å². The smallest absolute Gasteiger partial charge is 0.0341 e. The third-order valence-electron chi connectivity index (χ3n) is 2.82. The Hall–Kier alpha value is -0.0500. The van der Waals surface area contributed by atoms with Crippen LogP contribution in [0.15, 0.2) is 11.6 Å². The molecule has 2 nitrogen and oxygen atoms in total.